The van der Waals surface area contributed by atoms with Crippen LogP contribution >= 0.6 is 24.4 Å². The van der Waals surface area contributed by atoms with E-state index in [2.05, 4.69) is 33.0 Å². The van der Waals surface area contributed by atoms with Crippen LogP contribution < -0.4 is 10.6 Å². The first-order valence-corrected chi connectivity index (χ1v) is 12.9. The minimum Gasteiger partial charge on any atom is -0.336 e. The van der Waals surface area contributed by atoms with Crippen LogP contribution in [0, 0.1) is 0 Å². The molecule has 0 atom stereocenters. The Bertz CT molecular complexity index is 1110. The molecule has 0 aromatic heterocycles. The number of isothiocyanates is 1. The molecule has 0 spiro atoms. The van der Waals surface area contributed by atoms with Gasteiger partial charge in [-0.05, 0) is 47.6 Å². The van der Waals surface area contributed by atoms with Crippen molar-refractivity contribution >= 4 is 69.7 Å². The largest absolute Gasteiger partial charge is 0.336 e. The number of rotatable bonds is 17. The molecule has 40 heavy (non-hydrogen) atoms. The van der Waals surface area contributed by atoms with E-state index in [1.165, 1.54) is 0 Å². The lowest BCUT2D eigenvalue weighted by molar-refractivity contribution is -0.169. The summed E-state index contributed by atoms with van der Waals surface area (Å²) in [5.74, 6) is -3.53. The summed E-state index contributed by atoms with van der Waals surface area (Å²) in [6.07, 6.45) is 0.146. The predicted octanol–water partition coefficient (Wildman–Crippen LogP) is 1.49. The van der Waals surface area contributed by atoms with Crippen LogP contribution in [0.2, 0.25) is 0 Å². The number of aliphatic imine (C=N–C) groups is 1. The average Bonchev–Trinajstić information content (AvgIpc) is 2.92. The number of carbonyl (C=O) groups excluding carboxylic acids is 5. The van der Waals surface area contributed by atoms with E-state index in [9.17, 15) is 34.4 Å². The summed E-state index contributed by atoms with van der Waals surface area (Å²) >= 11 is 9.93. The lowest BCUT2D eigenvalue weighted by Gasteiger charge is -2.17. The molecule has 218 valence electrons. The van der Waals surface area contributed by atoms with Crippen LogP contribution in [-0.2, 0) is 30.4 Å². The quantitative estimate of drug-likeness (QED) is 0.0579. The van der Waals surface area contributed by atoms with Gasteiger partial charge in [-0.15, -0.1) is 0 Å². The van der Waals surface area contributed by atoms with E-state index in [0.717, 1.165) is 17.4 Å². The van der Waals surface area contributed by atoms with E-state index in [1.54, 1.807) is 12.1 Å². The molecule has 16 heteroatoms. The first-order chi connectivity index (χ1) is 18.9. The van der Waals surface area contributed by atoms with Crippen LogP contribution in [0.15, 0.2) is 29.3 Å². The lowest BCUT2D eigenvalue weighted by Crippen LogP contribution is -2.41. The highest BCUT2D eigenvalue weighted by molar-refractivity contribution is 7.80. The molecule has 1 aromatic carbocycles. The van der Waals surface area contributed by atoms with Crippen molar-refractivity contribution in [3.63, 3.8) is 0 Å². The SMILES string of the molecule is CC(=O)N(O)CNC(=O)CCC(=O)N(O)CNC(=O)CCC(=O)N(O)CCCC(=S)Cc1ccc(N=C=S)cc1. The zero-order valence-electron chi connectivity index (χ0n) is 21.9. The Morgan fingerprint density at radius 1 is 0.825 bits per heavy atom. The van der Waals surface area contributed by atoms with Crippen LogP contribution in [0.4, 0.5) is 5.69 Å². The smallest absolute Gasteiger partial charge is 0.248 e. The van der Waals surface area contributed by atoms with Gasteiger partial charge in [0.15, 0.2) is 0 Å². The minimum atomic E-state index is -0.865. The molecule has 0 aliphatic carbocycles. The molecule has 1 aromatic rings. The Morgan fingerprint density at radius 2 is 1.35 bits per heavy atom. The van der Waals surface area contributed by atoms with Gasteiger partial charge in [-0.2, -0.15) is 4.99 Å². The van der Waals surface area contributed by atoms with E-state index < -0.39 is 49.3 Å². The molecule has 0 aliphatic rings. The summed E-state index contributed by atoms with van der Waals surface area (Å²) in [5, 5.41) is 36.5. The van der Waals surface area contributed by atoms with Gasteiger partial charge in [-0.25, -0.2) is 15.2 Å². The van der Waals surface area contributed by atoms with Crippen molar-refractivity contribution in [3.05, 3.63) is 29.8 Å². The maximum Gasteiger partial charge on any atom is 0.248 e. The molecule has 0 bridgehead atoms. The van der Waals surface area contributed by atoms with Crippen molar-refractivity contribution in [2.45, 2.75) is 51.9 Å². The summed E-state index contributed by atoms with van der Waals surface area (Å²) in [6, 6.07) is 7.35. The van der Waals surface area contributed by atoms with Gasteiger partial charge in [-0.3, -0.25) is 39.6 Å². The predicted molar refractivity (Wildman–Crippen MR) is 148 cm³/mol. The third-order valence-corrected chi connectivity index (χ3v) is 5.70. The van der Waals surface area contributed by atoms with Gasteiger partial charge in [-0.1, -0.05) is 24.4 Å². The Kier molecular flexibility index (Phi) is 16.0. The topological polar surface area (TPSA) is 192 Å². The van der Waals surface area contributed by atoms with Gasteiger partial charge in [0.1, 0.15) is 13.3 Å². The number of hydrogen-bond acceptors (Lipinski definition) is 11. The van der Waals surface area contributed by atoms with Gasteiger partial charge in [0.05, 0.1) is 10.8 Å². The average molecular weight is 597 g/mol. The van der Waals surface area contributed by atoms with Crippen molar-refractivity contribution in [1.82, 2.24) is 25.8 Å². The molecule has 5 amide bonds. The second kappa shape index (κ2) is 18.6. The van der Waals surface area contributed by atoms with E-state index >= 15 is 0 Å². The van der Waals surface area contributed by atoms with E-state index in [4.69, 9.17) is 17.4 Å². The van der Waals surface area contributed by atoms with Crippen molar-refractivity contribution in [3.8, 4) is 0 Å². The van der Waals surface area contributed by atoms with Gasteiger partial charge < -0.3 is 10.6 Å². The summed E-state index contributed by atoms with van der Waals surface area (Å²) < 4.78 is 0. The number of carbonyl (C=O) groups is 5. The number of nitrogens with zero attached hydrogens (tertiary/aromatic N) is 4. The fourth-order valence-corrected chi connectivity index (χ4v) is 3.43. The number of thiocarbonyl (C=S) groups is 2. The van der Waals surface area contributed by atoms with Gasteiger partial charge >= 0.3 is 0 Å². The number of hydrogen-bond donors (Lipinski definition) is 5. The van der Waals surface area contributed by atoms with Gasteiger partial charge in [0.2, 0.25) is 29.5 Å². The standard InChI is InChI=1S/C24H32N6O8S2/c1-17(31)29(37)14-25-21(32)9-11-24(35)30(38)15-26-22(33)8-10-23(34)28(36)12-2-3-20(40)13-18-4-6-19(7-5-18)27-16-39/h4-7,36-38H,2-3,8-15H2,1H3,(H,25,32)(H,26,33). The molecule has 1 rings (SSSR count). The maximum absolute atomic E-state index is 12.1. The highest BCUT2D eigenvalue weighted by Gasteiger charge is 2.17. The monoisotopic (exact) mass is 596 g/mol. The van der Waals surface area contributed by atoms with Crippen molar-refractivity contribution < 1.29 is 39.6 Å². The Balaban J connectivity index is 2.23. The zero-order valence-corrected chi connectivity index (χ0v) is 23.5. The van der Waals surface area contributed by atoms with E-state index in [1.807, 2.05) is 12.1 Å². The Labute approximate surface area is 241 Å². The summed E-state index contributed by atoms with van der Waals surface area (Å²) in [6.45, 7) is 0.0800. The highest BCUT2D eigenvalue weighted by atomic mass is 32.1. The molecule has 0 saturated carbocycles. The Morgan fingerprint density at radius 3 is 1.88 bits per heavy atom. The van der Waals surface area contributed by atoms with E-state index in [0.29, 0.717) is 30.0 Å². The van der Waals surface area contributed by atoms with Crippen molar-refractivity contribution in [2.24, 2.45) is 4.99 Å². The third kappa shape index (κ3) is 14.5. The molecule has 0 radical (unpaired) electrons. The highest BCUT2D eigenvalue weighted by Crippen LogP contribution is 2.14. The molecule has 0 fully saturated rings. The molecule has 14 nitrogen and oxygen atoms in total. The van der Waals surface area contributed by atoms with Crippen LogP contribution in [0.1, 0.15) is 51.0 Å². The lowest BCUT2D eigenvalue weighted by atomic mass is 10.1. The van der Waals surface area contributed by atoms with Crippen molar-refractivity contribution in [2.75, 3.05) is 19.9 Å². The summed E-state index contributed by atoms with van der Waals surface area (Å²) in [7, 11) is 0. The second-order valence-corrected chi connectivity index (χ2v) is 9.19. The fraction of sp³-hybridized carbons (Fsp3) is 0.458. The van der Waals surface area contributed by atoms with Crippen LogP contribution in [0.5, 0.6) is 0 Å². The third-order valence-electron chi connectivity index (χ3n) is 5.26. The first kappa shape index (κ1) is 34.4. The normalized spacial score (nSPS) is 10.1. The van der Waals surface area contributed by atoms with E-state index in [-0.39, 0.29) is 35.9 Å². The molecule has 0 saturated heterocycles. The molecule has 0 aliphatic heterocycles. The summed E-state index contributed by atoms with van der Waals surface area (Å²) in [4.78, 5) is 63.0. The number of hydroxylamine groups is 6. The number of nitrogens with one attached hydrogen (secondary N) is 2. The molecule has 0 unspecified atom stereocenters. The number of amides is 5. The number of benzene rings is 1. The first-order valence-electron chi connectivity index (χ1n) is 12.1. The van der Waals surface area contributed by atoms with Crippen LogP contribution in [0.25, 0.3) is 0 Å². The van der Waals surface area contributed by atoms with Crippen LogP contribution in [0.3, 0.4) is 0 Å². The summed E-state index contributed by atoms with van der Waals surface area (Å²) in [5.41, 5.74) is 1.68. The van der Waals surface area contributed by atoms with Crippen molar-refractivity contribution in [1.29, 1.82) is 0 Å². The molecular formula is C24H32N6O8S2. The molecule has 0 heterocycles. The van der Waals surface area contributed by atoms with Gasteiger partial charge in [0.25, 0.3) is 0 Å². The van der Waals surface area contributed by atoms with Crippen LogP contribution in [-0.4, -0.2) is 90.3 Å². The zero-order chi connectivity index (χ0) is 30.1. The maximum atomic E-state index is 12.1. The Hall–Kier alpha value is -3.66. The minimum absolute atomic E-state index is 0.0283. The molecule has 5 N–H and O–H groups in total. The second-order valence-electron chi connectivity index (χ2n) is 8.43. The molecular weight excluding hydrogens is 564 g/mol. The van der Waals surface area contributed by atoms with Gasteiger partial charge in [0, 0.05) is 45.6 Å². The fourth-order valence-electron chi connectivity index (χ4n) is 3.01.